The monoisotopic (exact) mass is 574 g/mol. The molecule has 3 aliphatic rings. The number of hydrogen-bond donors (Lipinski definition) is 0. The van der Waals surface area contributed by atoms with E-state index in [2.05, 4.69) is 4.90 Å². The molecule has 3 heterocycles. The van der Waals surface area contributed by atoms with Gasteiger partial charge in [0.05, 0.1) is 11.1 Å². The lowest BCUT2D eigenvalue weighted by Crippen LogP contribution is -2.53. The molecule has 1 saturated carbocycles. The number of nitrogens with zero attached hydrogens (tertiary/aromatic N) is 4. The number of benzene rings is 2. The minimum atomic E-state index is -4.52. The fourth-order valence-electron chi connectivity index (χ4n) is 6.01. The van der Waals surface area contributed by atoms with Crippen molar-refractivity contribution in [2.75, 3.05) is 39.3 Å². The van der Waals surface area contributed by atoms with Crippen LogP contribution >= 0.6 is 0 Å². The van der Waals surface area contributed by atoms with E-state index in [0.29, 0.717) is 41.3 Å². The average Bonchev–Trinajstić information content (AvgIpc) is 3.30. The third-order valence-electron chi connectivity index (χ3n) is 8.70. The molecule has 2 aromatic carbocycles. The van der Waals surface area contributed by atoms with E-state index in [1.54, 1.807) is 24.3 Å². The summed E-state index contributed by atoms with van der Waals surface area (Å²) >= 11 is 0. The van der Waals surface area contributed by atoms with Crippen LogP contribution in [-0.2, 0) is 6.18 Å². The SMILES string of the molecule is O=C(c1ccc2c(c1)cc(C(=O)N1CCC(F)(F)CC1)n2-c1ccc(C(F)(F)F)cc1)N1CCN(C2CCC2)CC1. The summed E-state index contributed by atoms with van der Waals surface area (Å²) in [5.74, 6) is -3.44. The van der Waals surface area contributed by atoms with Gasteiger partial charge in [-0.15, -0.1) is 0 Å². The molecule has 0 N–H and O–H groups in total. The Kier molecular flexibility index (Phi) is 7.04. The van der Waals surface area contributed by atoms with E-state index >= 15 is 0 Å². The van der Waals surface area contributed by atoms with Crippen LogP contribution in [0.3, 0.4) is 0 Å². The van der Waals surface area contributed by atoms with Crippen molar-refractivity contribution in [2.45, 2.75) is 50.2 Å². The highest BCUT2D eigenvalue weighted by Crippen LogP contribution is 2.34. The van der Waals surface area contributed by atoms with Gasteiger partial charge in [0.2, 0.25) is 0 Å². The molecule has 2 saturated heterocycles. The summed E-state index contributed by atoms with van der Waals surface area (Å²) in [4.78, 5) is 32.6. The molecule has 3 fully saturated rings. The Bertz CT molecular complexity index is 1440. The van der Waals surface area contributed by atoms with Crippen LogP contribution in [-0.4, -0.2) is 82.3 Å². The van der Waals surface area contributed by atoms with Gasteiger partial charge in [0.25, 0.3) is 17.7 Å². The number of likely N-dealkylation sites (tertiary alicyclic amines) is 1. The summed E-state index contributed by atoms with van der Waals surface area (Å²) in [5.41, 5.74) is 0.625. The van der Waals surface area contributed by atoms with Crippen molar-refractivity contribution in [1.82, 2.24) is 19.3 Å². The van der Waals surface area contributed by atoms with Gasteiger partial charge in [-0.25, -0.2) is 8.78 Å². The van der Waals surface area contributed by atoms with Crippen molar-refractivity contribution >= 4 is 22.7 Å². The molecular weight excluding hydrogens is 543 g/mol. The topological polar surface area (TPSA) is 48.8 Å². The summed E-state index contributed by atoms with van der Waals surface area (Å²) in [7, 11) is 0. The van der Waals surface area contributed by atoms with E-state index in [1.165, 1.54) is 40.9 Å². The second-order valence-electron chi connectivity index (χ2n) is 11.2. The van der Waals surface area contributed by atoms with Gasteiger partial charge in [0, 0.05) is 74.8 Å². The minimum Gasteiger partial charge on any atom is -0.337 e. The Morgan fingerprint density at radius 2 is 1.41 bits per heavy atom. The average molecular weight is 575 g/mol. The number of carbonyl (C=O) groups excluding carboxylic acids is 2. The quantitative estimate of drug-likeness (QED) is 0.369. The normalized spacial score (nSPS) is 20.3. The second kappa shape index (κ2) is 10.4. The van der Waals surface area contributed by atoms with Gasteiger partial charge in [0.15, 0.2) is 0 Å². The smallest absolute Gasteiger partial charge is 0.337 e. The molecule has 2 amide bonds. The molecule has 0 spiro atoms. The molecule has 2 aliphatic heterocycles. The summed E-state index contributed by atoms with van der Waals surface area (Å²) < 4.78 is 68.7. The molecule has 0 bridgehead atoms. The number of rotatable bonds is 4. The molecule has 218 valence electrons. The lowest BCUT2D eigenvalue weighted by atomic mass is 9.91. The molecule has 0 unspecified atom stereocenters. The van der Waals surface area contributed by atoms with Crippen molar-refractivity contribution in [3.05, 3.63) is 65.4 Å². The van der Waals surface area contributed by atoms with Crippen LogP contribution in [0.1, 0.15) is 58.5 Å². The lowest BCUT2D eigenvalue weighted by Gasteiger charge is -2.42. The Morgan fingerprint density at radius 3 is 2.00 bits per heavy atom. The highest BCUT2D eigenvalue weighted by molar-refractivity contribution is 6.03. The maximum Gasteiger partial charge on any atom is 0.416 e. The van der Waals surface area contributed by atoms with Crippen LogP contribution in [0.5, 0.6) is 0 Å². The molecule has 6 nitrogen and oxygen atoms in total. The molecule has 1 aromatic heterocycles. The number of halogens is 5. The zero-order valence-electron chi connectivity index (χ0n) is 22.5. The Balaban J connectivity index is 1.32. The first kappa shape index (κ1) is 27.7. The number of fused-ring (bicyclic) bond motifs is 1. The van der Waals surface area contributed by atoms with Crippen molar-refractivity contribution in [3.8, 4) is 5.69 Å². The first-order valence-electron chi connectivity index (χ1n) is 14.0. The largest absolute Gasteiger partial charge is 0.416 e. The second-order valence-corrected chi connectivity index (χ2v) is 11.2. The molecule has 3 aromatic rings. The lowest BCUT2D eigenvalue weighted by molar-refractivity contribution is -0.137. The van der Waals surface area contributed by atoms with E-state index in [9.17, 15) is 31.5 Å². The van der Waals surface area contributed by atoms with Crippen LogP contribution < -0.4 is 0 Å². The fraction of sp³-hybridized carbons (Fsp3) is 0.467. The summed E-state index contributed by atoms with van der Waals surface area (Å²) in [6.45, 7) is 2.66. The van der Waals surface area contributed by atoms with Crippen LogP contribution in [0.15, 0.2) is 48.5 Å². The van der Waals surface area contributed by atoms with Crippen LogP contribution in [0.25, 0.3) is 16.6 Å². The number of piperazine rings is 1. The molecule has 11 heteroatoms. The predicted molar refractivity (Wildman–Crippen MR) is 143 cm³/mol. The third-order valence-corrected chi connectivity index (χ3v) is 8.70. The van der Waals surface area contributed by atoms with E-state index in [1.807, 2.05) is 4.90 Å². The van der Waals surface area contributed by atoms with Crippen molar-refractivity contribution < 1.29 is 31.5 Å². The molecule has 1 aliphatic carbocycles. The van der Waals surface area contributed by atoms with Gasteiger partial charge in [-0.1, -0.05) is 6.42 Å². The standard InChI is InChI=1S/C30H31F5N4O2/c31-29(32)10-12-37(13-11-29)28(41)26-19-21-18-20(27(40)38-16-14-36(15-17-38)23-2-1-3-23)4-9-25(21)39(26)24-7-5-22(6-8-24)30(33,34)35/h4-9,18-19,23H,1-3,10-17H2. The fourth-order valence-corrected chi connectivity index (χ4v) is 6.01. The number of alkyl halides is 5. The van der Waals surface area contributed by atoms with Crippen LogP contribution in [0.4, 0.5) is 22.0 Å². The summed E-state index contributed by atoms with van der Waals surface area (Å²) in [5, 5.41) is 0.564. The highest BCUT2D eigenvalue weighted by Gasteiger charge is 2.37. The Labute approximate surface area is 234 Å². The Morgan fingerprint density at radius 1 is 0.780 bits per heavy atom. The molecular formula is C30H31F5N4O2. The number of hydrogen-bond acceptors (Lipinski definition) is 3. The zero-order valence-corrected chi connectivity index (χ0v) is 22.5. The number of piperidine rings is 1. The summed E-state index contributed by atoms with van der Waals surface area (Å²) in [6.07, 6.45) is -1.75. The van der Waals surface area contributed by atoms with E-state index < -0.39 is 36.4 Å². The third kappa shape index (κ3) is 5.43. The van der Waals surface area contributed by atoms with Crippen LogP contribution in [0.2, 0.25) is 0 Å². The van der Waals surface area contributed by atoms with Gasteiger partial charge in [-0.2, -0.15) is 13.2 Å². The first-order chi connectivity index (χ1) is 19.5. The van der Waals surface area contributed by atoms with Crippen LogP contribution in [0, 0.1) is 0 Å². The number of aromatic nitrogens is 1. The van der Waals surface area contributed by atoms with E-state index in [4.69, 9.17) is 0 Å². The maximum absolute atomic E-state index is 13.8. The summed E-state index contributed by atoms with van der Waals surface area (Å²) in [6, 6.07) is 11.7. The van der Waals surface area contributed by atoms with E-state index in [0.717, 1.165) is 25.2 Å². The molecule has 0 atom stereocenters. The zero-order chi connectivity index (χ0) is 28.9. The van der Waals surface area contributed by atoms with Gasteiger partial charge in [-0.05, 0) is 61.4 Å². The molecule has 41 heavy (non-hydrogen) atoms. The first-order valence-corrected chi connectivity index (χ1v) is 14.0. The molecule has 0 radical (unpaired) electrons. The minimum absolute atomic E-state index is 0.117. The van der Waals surface area contributed by atoms with Crippen molar-refractivity contribution in [3.63, 3.8) is 0 Å². The Hall–Kier alpha value is -3.47. The molecule has 6 rings (SSSR count). The van der Waals surface area contributed by atoms with E-state index in [-0.39, 0.29) is 24.7 Å². The predicted octanol–water partition coefficient (Wildman–Crippen LogP) is 5.83. The highest BCUT2D eigenvalue weighted by atomic mass is 19.4. The van der Waals surface area contributed by atoms with Gasteiger partial charge in [0.1, 0.15) is 5.69 Å². The number of carbonyl (C=O) groups is 2. The van der Waals surface area contributed by atoms with Crippen molar-refractivity contribution in [2.24, 2.45) is 0 Å². The number of amides is 2. The van der Waals surface area contributed by atoms with Gasteiger partial charge >= 0.3 is 6.18 Å². The van der Waals surface area contributed by atoms with Gasteiger partial charge in [-0.3, -0.25) is 14.5 Å². The van der Waals surface area contributed by atoms with Crippen molar-refractivity contribution in [1.29, 1.82) is 0 Å². The maximum atomic E-state index is 13.8. The van der Waals surface area contributed by atoms with Gasteiger partial charge < -0.3 is 14.4 Å².